The summed E-state index contributed by atoms with van der Waals surface area (Å²) in [6.45, 7) is 2.14. The molecular formula is C7H11N3O. The Morgan fingerprint density at radius 2 is 2.64 bits per heavy atom. The number of H-pyrrole nitrogens is 1. The summed E-state index contributed by atoms with van der Waals surface area (Å²) in [5.41, 5.74) is 0. The molecule has 0 fully saturated rings. The predicted octanol–water partition coefficient (Wildman–Crippen LogP) is 0.0883. The largest absolute Gasteiger partial charge is 0.356 e. The van der Waals surface area contributed by atoms with E-state index in [2.05, 4.69) is 15.3 Å². The minimum absolute atomic E-state index is 0.00319. The first-order valence-electron chi connectivity index (χ1n) is 3.52. The number of carbonyl (C=O) groups is 1. The van der Waals surface area contributed by atoms with Crippen LogP contribution in [0, 0.1) is 0 Å². The van der Waals surface area contributed by atoms with Crippen LogP contribution in [-0.4, -0.2) is 22.4 Å². The molecule has 4 nitrogen and oxygen atoms in total. The first-order chi connectivity index (χ1) is 5.29. The van der Waals surface area contributed by atoms with Gasteiger partial charge in [-0.05, 0) is 0 Å². The van der Waals surface area contributed by atoms with Gasteiger partial charge in [-0.2, -0.15) is 0 Å². The van der Waals surface area contributed by atoms with E-state index in [-0.39, 0.29) is 5.91 Å². The highest BCUT2D eigenvalue weighted by Crippen LogP contribution is 1.87. The summed E-state index contributed by atoms with van der Waals surface area (Å²) >= 11 is 0. The molecule has 0 radical (unpaired) electrons. The van der Waals surface area contributed by atoms with Gasteiger partial charge in [-0.3, -0.25) is 4.79 Å². The van der Waals surface area contributed by atoms with Crippen molar-refractivity contribution in [2.45, 2.75) is 13.3 Å². The van der Waals surface area contributed by atoms with E-state index in [9.17, 15) is 4.79 Å². The number of hydrogen-bond acceptors (Lipinski definition) is 2. The van der Waals surface area contributed by atoms with Crippen molar-refractivity contribution in [3.63, 3.8) is 0 Å². The number of amides is 1. The highest BCUT2D eigenvalue weighted by molar-refractivity contribution is 5.72. The molecule has 0 bridgehead atoms. The van der Waals surface area contributed by atoms with Crippen LogP contribution in [0.2, 0.25) is 0 Å². The van der Waals surface area contributed by atoms with Gasteiger partial charge < -0.3 is 10.3 Å². The number of rotatable bonds is 3. The summed E-state index contributed by atoms with van der Waals surface area (Å²) in [4.78, 5) is 17.4. The van der Waals surface area contributed by atoms with Gasteiger partial charge in [0.05, 0.1) is 0 Å². The molecular weight excluding hydrogens is 142 g/mol. The molecule has 0 spiro atoms. The molecule has 0 atom stereocenters. The Labute approximate surface area is 65.0 Å². The van der Waals surface area contributed by atoms with Gasteiger partial charge in [-0.15, -0.1) is 0 Å². The van der Waals surface area contributed by atoms with Crippen LogP contribution in [0.1, 0.15) is 12.7 Å². The van der Waals surface area contributed by atoms with Crippen LogP contribution in [0.3, 0.4) is 0 Å². The fourth-order valence-corrected chi connectivity index (χ4v) is 0.792. The third kappa shape index (κ3) is 2.84. The van der Waals surface area contributed by atoms with Crippen LogP contribution in [0.4, 0.5) is 0 Å². The van der Waals surface area contributed by atoms with Gasteiger partial charge in [0.15, 0.2) is 0 Å². The minimum atomic E-state index is -0.00319. The number of carbonyl (C=O) groups excluding carboxylic acids is 1. The summed E-state index contributed by atoms with van der Waals surface area (Å²) in [6.07, 6.45) is 4.22. The van der Waals surface area contributed by atoms with E-state index >= 15 is 0 Å². The molecule has 1 amide bonds. The highest BCUT2D eigenvalue weighted by atomic mass is 16.1. The van der Waals surface area contributed by atoms with Gasteiger partial charge in [0.1, 0.15) is 5.82 Å². The lowest BCUT2D eigenvalue weighted by atomic mass is 10.4. The fraction of sp³-hybridized carbons (Fsp3) is 0.429. The molecule has 0 aliphatic heterocycles. The molecule has 0 aromatic carbocycles. The van der Waals surface area contributed by atoms with E-state index in [0.717, 1.165) is 12.2 Å². The molecule has 0 aliphatic carbocycles. The second kappa shape index (κ2) is 3.75. The fourth-order valence-electron chi connectivity index (χ4n) is 0.792. The summed E-state index contributed by atoms with van der Waals surface area (Å²) in [7, 11) is 0. The number of aromatic nitrogens is 2. The van der Waals surface area contributed by atoms with Gasteiger partial charge in [0.2, 0.25) is 5.91 Å². The summed E-state index contributed by atoms with van der Waals surface area (Å²) in [6, 6.07) is 0. The molecule has 0 saturated heterocycles. The SMILES string of the molecule is CC(=O)NCCc1ncc[nH]1. The minimum Gasteiger partial charge on any atom is -0.356 e. The van der Waals surface area contributed by atoms with Crippen molar-refractivity contribution < 1.29 is 4.79 Å². The van der Waals surface area contributed by atoms with Gasteiger partial charge in [0.25, 0.3) is 0 Å². The average molecular weight is 153 g/mol. The predicted molar refractivity (Wildman–Crippen MR) is 41.0 cm³/mol. The van der Waals surface area contributed by atoms with Crippen molar-refractivity contribution in [3.8, 4) is 0 Å². The maximum absolute atomic E-state index is 10.4. The maximum Gasteiger partial charge on any atom is 0.216 e. The van der Waals surface area contributed by atoms with E-state index in [1.165, 1.54) is 6.92 Å². The molecule has 2 N–H and O–H groups in total. The van der Waals surface area contributed by atoms with Crippen molar-refractivity contribution in [3.05, 3.63) is 18.2 Å². The highest BCUT2D eigenvalue weighted by Gasteiger charge is 1.94. The molecule has 60 valence electrons. The standard InChI is InChI=1S/C7H11N3O/c1-6(11)8-3-2-7-9-4-5-10-7/h4-5H,2-3H2,1H3,(H,8,11)(H,9,10). The Bertz CT molecular complexity index is 218. The van der Waals surface area contributed by atoms with E-state index < -0.39 is 0 Å². The quantitative estimate of drug-likeness (QED) is 0.646. The first kappa shape index (κ1) is 7.78. The van der Waals surface area contributed by atoms with Crippen molar-refractivity contribution in [1.82, 2.24) is 15.3 Å². The van der Waals surface area contributed by atoms with Gasteiger partial charge >= 0.3 is 0 Å². The maximum atomic E-state index is 10.4. The zero-order chi connectivity index (χ0) is 8.10. The zero-order valence-electron chi connectivity index (χ0n) is 6.42. The number of imidazole rings is 1. The van der Waals surface area contributed by atoms with E-state index in [4.69, 9.17) is 0 Å². The molecule has 0 unspecified atom stereocenters. The first-order valence-corrected chi connectivity index (χ1v) is 3.52. The number of hydrogen-bond donors (Lipinski definition) is 2. The van der Waals surface area contributed by atoms with Gasteiger partial charge in [0, 0.05) is 32.3 Å². The molecule has 4 heteroatoms. The van der Waals surface area contributed by atoms with Crippen molar-refractivity contribution in [2.24, 2.45) is 0 Å². The topological polar surface area (TPSA) is 57.8 Å². The van der Waals surface area contributed by atoms with Crippen LogP contribution in [-0.2, 0) is 11.2 Å². The summed E-state index contributed by atoms with van der Waals surface area (Å²) < 4.78 is 0. The molecule has 0 aliphatic rings. The molecule has 0 saturated carbocycles. The smallest absolute Gasteiger partial charge is 0.216 e. The van der Waals surface area contributed by atoms with E-state index in [0.29, 0.717) is 6.54 Å². The Hall–Kier alpha value is -1.32. The number of nitrogens with zero attached hydrogens (tertiary/aromatic N) is 1. The Balaban J connectivity index is 2.19. The third-order valence-corrected chi connectivity index (χ3v) is 1.29. The summed E-state index contributed by atoms with van der Waals surface area (Å²) in [5, 5.41) is 2.68. The van der Waals surface area contributed by atoms with Crippen molar-refractivity contribution >= 4 is 5.91 Å². The summed E-state index contributed by atoms with van der Waals surface area (Å²) in [5.74, 6) is 0.898. The number of nitrogens with one attached hydrogen (secondary N) is 2. The second-order valence-corrected chi connectivity index (χ2v) is 2.27. The molecule has 1 rings (SSSR count). The average Bonchev–Trinajstić information content (AvgIpc) is 2.39. The Morgan fingerprint density at radius 3 is 3.18 bits per heavy atom. The van der Waals surface area contributed by atoms with Crippen molar-refractivity contribution in [2.75, 3.05) is 6.54 Å². The van der Waals surface area contributed by atoms with Crippen LogP contribution in [0.5, 0.6) is 0 Å². The van der Waals surface area contributed by atoms with Crippen LogP contribution in [0.25, 0.3) is 0 Å². The van der Waals surface area contributed by atoms with E-state index in [1.807, 2.05) is 0 Å². The van der Waals surface area contributed by atoms with E-state index in [1.54, 1.807) is 12.4 Å². The van der Waals surface area contributed by atoms with Gasteiger partial charge in [-0.1, -0.05) is 0 Å². The zero-order valence-corrected chi connectivity index (χ0v) is 6.42. The van der Waals surface area contributed by atoms with Crippen LogP contribution in [0.15, 0.2) is 12.4 Å². The molecule has 1 aromatic rings. The van der Waals surface area contributed by atoms with Crippen LogP contribution >= 0.6 is 0 Å². The molecule has 1 aromatic heterocycles. The lowest BCUT2D eigenvalue weighted by Gasteiger charge is -1.97. The second-order valence-electron chi connectivity index (χ2n) is 2.27. The van der Waals surface area contributed by atoms with Gasteiger partial charge in [-0.25, -0.2) is 4.98 Å². The monoisotopic (exact) mass is 153 g/mol. The lowest BCUT2D eigenvalue weighted by molar-refractivity contribution is -0.118. The Morgan fingerprint density at radius 1 is 1.82 bits per heavy atom. The third-order valence-electron chi connectivity index (χ3n) is 1.29. The molecule has 1 heterocycles. The Kier molecular flexibility index (Phi) is 2.66. The lowest BCUT2D eigenvalue weighted by Crippen LogP contribution is -2.22. The van der Waals surface area contributed by atoms with Crippen LogP contribution < -0.4 is 5.32 Å². The van der Waals surface area contributed by atoms with Crippen molar-refractivity contribution in [1.29, 1.82) is 0 Å². The molecule has 11 heavy (non-hydrogen) atoms. The normalized spacial score (nSPS) is 9.55. The number of aromatic amines is 1.